The summed E-state index contributed by atoms with van der Waals surface area (Å²) < 4.78 is 32.4. The smallest absolute Gasteiger partial charge is 0.357 e. The van der Waals surface area contributed by atoms with Gasteiger partial charge in [-0.05, 0) is 113 Å². The Morgan fingerprint density at radius 2 is 1.78 bits per heavy atom. The van der Waals surface area contributed by atoms with Crippen molar-refractivity contribution in [1.82, 2.24) is 14.4 Å². The largest absolute Gasteiger partial charge is 0.677 e. The maximum Gasteiger partial charge on any atom is 0.677 e. The van der Waals surface area contributed by atoms with Crippen LogP contribution in [0.15, 0.2) is 28.0 Å². The molecule has 0 fully saturated rings. The van der Waals surface area contributed by atoms with Crippen LogP contribution >= 0.6 is 67.8 Å². The van der Waals surface area contributed by atoms with E-state index in [1.807, 2.05) is 26.8 Å². The fourth-order valence-electron chi connectivity index (χ4n) is 4.16. The van der Waals surface area contributed by atoms with Crippen molar-refractivity contribution in [2.45, 2.75) is 27.7 Å². The maximum absolute atomic E-state index is 14.4. The number of aromatic nitrogens is 3. The molecule has 0 aliphatic heterocycles. The summed E-state index contributed by atoms with van der Waals surface area (Å²) in [5.74, 6) is -0.186. The molecular weight excluding hydrogens is 752 g/mol. The third kappa shape index (κ3) is 3.73. The van der Waals surface area contributed by atoms with E-state index in [0.29, 0.717) is 31.8 Å². The Kier molecular flexibility index (Phi) is 6.76. The van der Waals surface area contributed by atoms with Gasteiger partial charge >= 0.3 is 7.40 Å². The van der Waals surface area contributed by atoms with Gasteiger partial charge in [0, 0.05) is 56.8 Å². The third-order valence-electron chi connectivity index (χ3n) is 5.69. The molecule has 0 spiro atoms. The molecular formula is C22H17BF2I3N3O. The van der Waals surface area contributed by atoms with Crippen LogP contribution in [0.2, 0.25) is 0 Å². The van der Waals surface area contributed by atoms with E-state index in [1.54, 1.807) is 19.2 Å². The Labute approximate surface area is 226 Å². The molecule has 1 N–H and O–H groups in total. The van der Waals surface area contributed by atoms with E-state index in [2.05, 4.69) is 77.7 Å². The quantitative estimate of drug-likeness (QED) is 0.233. The zero-order valence-corrected chi connectivity index (χ0v) is 24.1. The van der Waals surface area contributed by atoms with Crippen molar-refractivity contribution in [2.24, 2.45) is 0 Å². The van der Waals surface area contributed by atoms with Crippen LogP contribution < -0.4 is 0 Å². The highest BCUT2D eigenvalue weighted by Gasteiger charge is 2.34. The summed E-state index contributed by atoms with van der Waals surface area (Å²) in [5, 5.41) is 0. The number of aryl methyl sites for hydroxylation is 1. The highest BCUT2D eigenvalue weighted by molar-refractivity contribution is 14.1. The Morgan fingerprint density at radius 1 is 1.09 bits per heavy atom. The molecule has 0 amide bonds. The average Bonchev–Trinajstić information content (AvgIpc) is 3.13. The summed E-state index contributed by atoms with van der Waals surface area (Å²) in [4.78, 5) is 20.4. The second-order valence-corrected chi connectivity index (χ2v) is 10.9. The van der Waals surface area contributed by atoms with Crippen LogP contribution in [-0.2, 0) is 0 Å². The van der Waals surface area contributed by atoms with Gasteiger partial charge in [-0.3, -0.25) is 18.4 Å². The minimum Gasteiger partial charge on any atom is -0.357 e. The fraction of sp³-hybridized carbons (Fsp3) is 0.182. The van der Waals surface area contributed by atoms with E-state index < -0.39 is 7.40 Å². The van der Waals surface area contributed by atoms with Crippen molar-refractivity contribution in [3.8, 4) is 0 Å². The molecule has 0 atom stereocenters. The van der Waals surface area contributed by atoms with Crippen LogP contribution in [0.1, 0.15) is 50.0 Å². The topological polar surface area (TPSA) is 50.7 Å². The first-order valence-electron chi connectivity index (χ1n) is 9.68. The molecule has 3 aromatic heterocycles. The summed E-state index contributed by atoms with van der Waals surface area (Å²) in [6, 6.07) is 3.60. The number of carbonyl (C=O) groups is 1. The van der Waals surface area contributed by atoms with Crippen LogP contribution in [0, 0.1) is 34.8 Å². The normalized spacial score (nSPS) is 15.0. The second-order valence-electron chi connectivity index (χ2n) is 7.59. The van der Waals surface area contributed by atoms with Gasteiger partial charge in [0.1, 0.15) is 5.69 Å². The molecule has 32 heavy (non-hydrogen) atoms. The van der Waals surface area contributed by atoms with Crippen LogP contribution in [0.5, 0.6) is 0 Å². The lowest BCUT2D eigenvalue weighted by molar-refractivity contribution is 0.104. The van der Waals surface area contributed by atoms with Crippen molar-refractivity contribution in [1.29, 1.82) is 0 Å². The number of hydrogen-bond acceptors (Lipinski definition) is 2. The van der Waals surface area contributed by atoms with Gasteiger partial charge in [-0.25, -0.2) is 0 Å². The summed E-state index contributed by atoms with van der Waals surface area (Å²) in [7, 11) is -2.71. The van der Waals surface area contributed by atoms with Crippen LogP contribution in [0.3, 0.4) is 0 Å². The Bertz CT molecular complexity index is 1350. The average molecular weight is 769 g/mol. The van der Waals surface area contributed by atoms with E-state index in [4.69, 9.17) is 0 Å². The number of allylic oxidation sites excluding steroid dienone is 3. The summed E-state index contributed by atoms with van der Waals surface area (Å²) >= 11 is 6.52. The number of halogens is 5. The van der Waals surface area contributed by atoms with Gasteiger partial charge in [0.05, 0.1) is 5.69 Å². The minimum atomic E-state index is -2.71. The van der Waals surface area contributed by atoms with E-state index in [-0.39, 0.29) is 5.78 Å². The Morgan fingerprint density at radius 3 is 2.38 bits per heavy atom. The third-order valence-corrected chi connectivity index (χ3v) is 9.75. The molecule has 4 nitrogen and oxygen atoms in total. The predicted octanol–water partition coefficient (Wildman–Crippen LogP) is 6.90. The van der Waals surface area contributed by atoms with Gasteiger partial charge in [0.25, 0.3) is 0 Å². The molecule has 0 unspecified atom stereocenters. The molecule has 164 valence electrons. The van der Waals surface area contributed by atoms with E-state index >= 15 is 0 Å². The zero-order chi connectivity index (χ0) is 23.5. The number of ketones is 1. The van der Waals surface area contributed by atoms with Gasteiger partial charge in [-0.15, -0.1) is 0 Å². The molecule has 1 aliphatic rings. The first-order chi connectivity index (χ1) is 15.1. The van der Waals surface area contributed by atoms with E-state index in [0.717, 1.165) is 39.7 Å². The lowest BCUT2D eigenvalue weighted by Gasteiger charge is -2.22. The number of hydrogen-bond donors (Lipinski definition) is 1. The van der Waals surface area contributed by atoms with Gasteiger partial charge in [0.2, 0.25) is 5.78 Å². The standard InChI is InChI=1S/C22H17BF2I3N3O/c1-9-18(27)11(3)30-20(9)17(22-10(2)19(28)12(4)31(22)23(24)25)16-13-6-5-7-29-21(13)15(32)8-14(16)26/h5-8,30H,1-4H3/b17-16-. The molecule has 0 bridgehead atoms. The molecule has 1 aliphatic carbocycles. The van der Waals surface area contributed by atoms with Gasteiger partial charge in [0.15, 0.2) is 0 Å². The monoisotopic (exact) mass is 769 g/mol. The number of nitrogens with one attached hydrogen (secondary N) is 1. The molecule has 0 saturated heterocycles. The summed E-state index contributed by atoms with van der Waals surface area (Å²) in [6.07, 6.45) is 3.11. The highest BCUT2D eigenvalue weighted by Crippen LogP contribution is 2.46. The number of rotatable bonds is 3. The second kappa shape index (κ2) is 8.97. The highest BCUT2D eigenvalue weighted by atomic mass is 127. The Hall–Kier alpha value is -1.03. The molecule has 3 aromatic rings. The minimum absolute atomic E-state index is 0.186. The first-order valence-corrected chi connectivity index (χ1v) is 12.9. The lowest BCUT2D eigenvalue weighted by atomic mass is 9.87. The molecule has 0 radical (unpaired) electrons. The molecule has 4 rings (SSSR count). The zero-order valence-electron chi connectivity index (χ0n) is 17.6. The molecule has 0 saturated carbocycles. The van der Waals surface area contributed by atoms with Crippen molar-refractivity contribution < 1.29 is 13.4 Å². The number of pyridine rings is 1. The number of aromatic amines is 1. The van der Waals surface area contributed by atoms with Crippen molar-refractivity contribution in [2.75, 3.05) is 0 Å². The van der Waals surface area contributed by atoms with Gasteiger partial charge in [-0.1, -0.05) is 6.07 Å². The summed E-state index contributed by atoms with van der Waals surface area (Å²) in [5.41, 5.74) is 6.81. The molecule has 3 heterocycles. The van der Waals surface area contributed by atoms with E-state index in [9.17, 15) is 13.4 Å². The van der Waals surface area contributed by atoms with E-state index in [1.165, 1.54) is 6.08 Å². The number of H-pyrrole nitrogens is 1. The molecule has 0 aromatic carbocycles. The SMILES string of the molecule is Cc1[nH]c(/C(=C2/C(I)=CC(=O)c3ncccc32)c2c(C)c(I)c(C)n2B(F)F)c(C)c1I. The number of fused-ring (bicyclic) bond motifs is 1. The summed E-state index contributed by atoms with van der Waals surface area (Å²) in [6.45, 7) is 7.53. The van der Waals surface area contributed by atoms with Gasteiger partial charge in [-0.2, -0.15) is 0 Å². The van der Waals surface area contributed by atoms with Crippen molar-refractivity contribution in [3.63, 3.8) is 0 Å². The maximum atomic E-state index is 14.4. The van der Waals surface area contributed by atoms with Crippen molar-refractivity contribution in [3.05, 3.63) is 80.3 Å². The first kappa shape index (κ1) is 24.1. The van der Waals surface area contributed by atoms with Crippen LogP contribution in [0.25, 0.3) is 11.1 Å². The molecule has 10 heteroatoms. The lowest BCUT2D eigenvalue weighted by Crippen LogP contribution is -2.19. The van der Waals surface area contributed by atoms with Crippen molar-refractivity contribution >= 4 is 92.1 Å². The predicted molar refractivity (Wildman–Crippen MR) is 150 cm³/mol. The van der Waals surface area contributed by atoms with Gasteiger partial charge < -0.3 is 9.46 Å². The fourth-order valence-corrected chi connectivity index (χ4v) is 5.92. The van der Waals surface area contributed by atoms with Crippen LogP contribution in [-0.4, -0.2) is 27.6 Å². The Balaban J connectivity index is 2.26. The number of nitrogens with zero attached hydrogens (tertiary/aromatic N) is 2. The van der Waals surface area contributed by atoms with Crippen LogP contribution in [0.4, 0.5) is 8.63 Å². The number of carbonyl (C=O) groups excluding carboxylic acids is 1.